The Bertz CT molecular complexity index is 530. The second kappa shape index (κ2) is 6.78. The molecule has 2 rings (SSSR count). The van der Waals surface area contributed by atoms with Crippen molar-refractivity contribution in [1.29, 1.82) is 0 Å². The largest absolute Gasteiger partial charge is 0.342 e. The Morgan fingerprint density at radius 3 is 2.53 bits per heavy atom. The number of nitrogens with zero attached hydrogens (tertiary/aromatic N) is 2. The number of hydrogen-bond acceptors (Lipinski definition) is 2. The zero-order valence-electron chi connectivity index (χ0n) is 12.5. The van der Waals surface area contributed by atoms with Crippen molar-refractivity contribution in [2.24, 2.45) is 0 Å². The molecular formula is C16H23N3. The summed E-state index contributed by atoms with van der Waals surface area (Å²) >= 11 is 0. The highest BCUT2D eigenvalue weighted by molar-refractivity contribution is 5.65. The van der Waals surface area contributed by atoms with Crippen molar-refractivity contribution in [2.45, 2.75) is 34.6 Å². The molecule has 0 amide bonds. The first-order chi connectivity index (χ1) is 9.11. The second-order valence-electron chi connectivity index (χ2n) is 4.22. The van der Waals surface area contributed by atoms with Gasteiger partial charge in [0.2, 0.25) is 0 Å². The van der Waals surface area contributed by atoms with Gasteiger partial charge in [0, 0.05) is 29.9 Å². The van der Waals surface area contributed by atoms with Gasteiger partial charge in [-0.3, -0.25) is 0 Å². The van der Waals surface area contributed by atoms with Crippen LogP contribution in [0.5, 0.6) is 0 Å². The summed E-state index contributed by atoms with van der Waals surface area (Å²) in [6.45, 7) is 14.0. The number of aromatic amines is 1. The maximum Gasteiger partial charge on any atom is 0.135 e. The van der Waals surface area contributed by atoms with E-state index in [9.17, 15) is 0 Å². The normalized spacial score (nSPS) is 16.5. The SMILES string of the molecule is C=CN1C=C(C)C=C/C1=C(/C)c1ncc(C)[nH]1.CC. The Balaban J connectivity index is 0.000000861. The fourth-order valence-electron chi connectivity index (χ4n) is 1.82. The highest BCUT2D eigenvalue weighted by Crippen LogP contribution is 2.24. The molecule has 0 radical (unpaired) electrons. The highest BCUT2D eigenvalue weighted by atomic mass is 15.1. The predicted octanol–water partition coefficient (Wildman–Crippen LogP) is 4.39. The van der Waals surface area contributed by atoms with Crippen LogP contribution < -0.4 is 0 Å². The van der Waals surface area contributed by atoms with Crippen LogP contribution >= 0.6 is 0 Å². The Hall–Kier alpha value is -2.03. The summed E-state index contributed by atoms with van der Waals surface area (Å²) in [6, 6.07) is 0. The van der Waals surface area contributed by atoms with E-state index < -0.39 is 0 Å². The van der Waals surface area contributed by atoms with Crippen molar-refractivity contribution in [3.05, 3.63) is 60.1 Å². The Morgan fingerprint density at radius 1 is 1.32 bits per heavy atom. The van der Waals surface area contributed by atoms with Gasteiger partial charge in [0.25, 0.3) is 0 Å². The maximum atomic E-state index is 4.35. The molecule has 0 aromatic carbocycles. The summed E-state index contributed by atoms with van der Waals surface area (Å²) in [5.74, 6) is 0.905. The van der Waals surface area contributed by atoms with Crippen LogP contribution in [0.25, 0.3) is 5.57 Å². The lowest BCUT2D eigenvalue weighted by molar-refractivity contribution is 0.642. The molecule has 1 aromatic heterocycles. The van der Waals surface area contributed by atoms with Crippen molar-refractivity contribution in [1.82, 2.24) is 14.9 Å². The van der Waals surface area contributed by atoms with Gasteiger partial charge in [-0.1, -0.05) is 26.5 Å². The summed E-state index contributed by atoms with van der Waals surface area (Å²) in [6.07, 6.45) is 9.88. The number of H-pyrrole nitrogens is 1. The molecule has 3 heteroatoms. The minimum absolute atomic E-state index is 0.905. The second-order valence-corrected chi connectivity index (χ2v) is 4.22. The number of nitrogens with one attached hydrogen (secondary N) is 1. The monoisotopic (exact) mass is 257 g/mol. The van der Waals surface area contributed by atoms with Crippen LogP contribution in [-0.2, 0) is 0 Å². The third-order valence-corrected chi connectivity index (χ3v) is 2.76. The van der Waals surface area contributed by atoms with Crippen molar-refractivity contribution in [3.8, 4) is 0 Å². The maximum absolute atomic E-state index is 4.35. The Morgan fingerprint density at radius 2 is 2.00 bits per heavy atom. The van der Waals surface area contributed by atoms with Gasteiger partial charge in [-0.2, -0.15) is 0 Å². The molecule has 1 N–H and O–H groups in total. The zero-order chi connectivity index (χ0) is 14.4. The van der Waals surface area contributed by atoms with Crippen molar-refractivity contribution < 1.29 is 0 Å². The van der Waals surface area contributed by atoms with Gasteiger partial charge in [-0.05, 0) is 32.4 Å². The van der Waals surface area contributed by atoms with Gasteiger partial charge in [0.1, 0.15) is 5.82 Å². The standard InChI is InChI=1S/C14H17N3.C2H6/c1-5-17-9-10(2)6-7-13(17)12(4)14-15-8-11(3)16-14;1-2/h5-9H,1H2,2-4H3,(H,15,16);1-2H3/b13-12+;. The summed E-state index contributed by atoms with van der Waals surface area (Å²) < 4.78 is 0. The Labute approximate surface area is 116 Å². The third-order valence-electron chi connectivity index (χ3n) is 2.76. The molecule has 0 saturated carbocycles. The first kappa shape index (κ1) is 15.0. The van der Waals surface area contributed by atoms with Gasteiger partial charge < -0.3 is 9.88 Å². The molecule has 19 heavy (non-hydrogen) atoms. The summed E-state index contributed by atoms with van der Waals surface area (Å²) in [5.41, 5.74) is 4.48. The van der Waals surface area contributed by atoms with Gasteiger partial charge in [0.05, 0.1) is 5.70 Å². The van der Waals surface area contributed by atoms with Crippen LogP contribution in [0.15, 0.2) is 48.6 Å². The average Bonchev–Trinajstić information content (AvgIpc) is 2.87. The quantitative estimate of drug-likeness (QED) is 0.851. The third kappa shape index (κ3) is 3.47. The van der Waals surface area contributed by atoms with E-state index in [0.29, 0.717) is 0 Å². The van der Waals surface area contributed by atoms with E-state index >= 15 is 0 Å². The highest BCUT2D eigenvalue weighted by Gasteiger charge is 2.12. The molecule has 1 aliphatic rings. The first-order valence-corrected chi connectivity index (χ1v) is 6.62. The van der Waals surface area contributed by atoms with E-state index in [1.54, 1.807) is 0 Å². The van der Waals surface area contributed by atoms with E-state index in [0.717, 1.165) is 22.8 Å². The molecule has 102 valence electrons. The smallest absolute Gasteiger partial charge is 0.135 e. The van der Waals surface area contributed by atoms with Crippen molar-refractivity contribution >= 4 is 5.57 Å². The van der Waals surface area contributed by atoms with Crippen LogP contribution in [0.1, 0.15) is 39.2 Å². The zero-order valence-corrected chi connectivity index (χ0v) is 12.5. The van der Waals surface area contributed by atoms with E-state index in [-0.39, 0.29) is 0 Å². The van der Waals surface area contributed by atoms with Gasteiger partial charge in [-0.25, -0.2) is 4.98 Å². The first-order valence-electron chi connectivity index (χ1n) is 6.62. The molecule has 1 aliphatic heterocycles. The van der Waals surface area contributed by atoms with Crippen LogP contribution in [-0.4, -0.2) is 14.9 Å². The number of imidazole rings is 1. The van der Waals surface area contributed by atoms with E-state index in [1.807, 2.05) is 38.1 Å². The fourth-order valence-corrected chi connectivity index (χ4v) is 1.82. The molecule has 1 aromatic rings. The van der Waals surface area contributed by atoms with Crippen LogP contribution in [0.4, 0.5) is 0 Å². The number of allylic oxidation sites excluding steroid dienone is 4. The fraction of sp³-hybridized carbons (Fsp3) is 0.312. The molecule has 3 nitrogen and oxygen atoms in total. The van der Waals surface area contributed by atoms with Crippen LogP contribution in [0.3, 0.4) is 0 Å². The summed E-state index contributed by atoms with van der Waals surface area (Å²) in [4.78, 5) is 9.61. The average molecular weight is 257 g/mol. The molecule has 0 fully saturated rings. The van der Waals surface area contributed by atoms with Crippen molar-refractivity contribution in [2.75, 3.05) is 0 Å². The van der Waals surface area contributed by atoms with Gasteiger partial charge >= 0.3 is 0 Å². The van der Waals surface area contributed by atoms with E-state index in [4.69, 9.17) is 0 Å². The lowest BCUT2D eigenvalue weighted by Crippen LogP contribution is -2.12. The summed E-state index contributed by atoms with van der Waals surface area (Å²) in [7, 11) is 0. The minimum atomic E-state index is 0.905. The topological polar surface area (TPSA) is 31.9 Å². The van der Waals surface area contributed by atoms with Gasteiger partial charge in [-0.15, -0.1) is 0 Å². The Kier molecular flexibility index (Phi) is 5.37. The van der Waals surface area contributed by atoms with E-state index in [1.165, 1.54) is 5.57 Å². The predicted molar refractivity (Wildman–Crippen MR) is 82.2 cm³/mol. The molecule has 0 unspecified atom stereocenters. The lowest BCUT2D eigenvalue weighted by Gasteiger charge is -2.22. The molecular weight excluding hydrogens is 234 g/mol. The summed E-state index contributed by atoms with van der Waals surface area (Å²) in [5, 5.41) is 0. The molecule has 2 heterocycles. The van der Waals surface area contributed by atoms with E-state index in [2.05, 4.69) is 48.7 Å². The number of hydrogen-bond donors (Lipinski definition) is 1. The molecule has 0 bridgehead atoms. The number of aromatic nitrogens is 2. The lowest BCUT2D eigenvalue weighted by atomic mass is 10.1. The molecule has 0 aliphatic carbocycles. The molecule has 0 saturated heterocycles. The van der Waals surface area contributed by atoms with Gasteiger partial charge in [0.15, 0.2) is 0 Å². The molecule has 0 spiro atoms. The van der Waals surface area contributed by atoms with Crippen LogP contribution in [0, 0.1) is 6.92 Å². The number of aryl methyl sites for hydroxylation is 1. The molecule has 0 atom stereocenters. The number of rotatable bonds is 2. The van der Waals surface area contributed by atoms with Crippen molar-refractivity contribution in [3.63, 3.8) is 0 Å². The van der Waals surface area contributed by atoms with Crippen LogP contribution in [0.2, 0.25) is 0 Å². The minimum Gasteiger partial charge on any atom is -0.342 e.